The lowest BCUT2D eigenvalue weighted by Gasteiger charge is -2.11. The highest BCUT2D eigenvalue weighted by atomic mass is 79.9. The van der Waals surface area contributed by atoms with Crippen LogP contribution in [0.15, 0.2) is 40.2 Å². The third kappa shape index (κ3) is 3.09. The molecule has 0 amide bonds. The van der Waals surface area contributed by atoms with Gasteiger partial charge in [-0.15, -0.1) is 11.3 Å². The molecule has 4 heteroatoms. The second-order valence-corrected chi connectivity index (χ2v) is 6.12. The summed E-state index contributed by atoms with van der Waals surface area (Å²) in [6, 6.07) is 11.9. The molecule has 1 aromatic heterocycles. The fraction of sp³-hybridized carbons (Fsp3) is 0.231. The first-order chi connectivity index (χ1) is 8.20. The number of ether oxygens (including phenoxy) is 1. The first-order valence-electron chi connectivity index (χ1n) is 5.44. The van der Waals surface area contributed by atoms with Crippen LogP contribution in [0.3, 0.4) is 0 Å². The van der Waals surface area contributed by atoms with Crippen molar-refractivity contribution in [2.24, 2.45) is 5.73 Å². The van der Waals surface area contributed by atoms with E-state index in [1.54, 1.807) is 11.3 Å². The van der Waals surface area contributed by atoms with E-state index in [0.29, 0.717) is 6.61 Å². The maximum absolute atomic E-state index is 6.23. The number of thiophene rings is 1. The Hall–Kier alpha value is -0.840. The van der Waals surface area contributed by atoms with Crippen molar-refractivity contribution in [2.45, 2.75) is 13.0 Å². The minimum Gasteiger partial charge on any atom is -0.494 e. The normalized spacial score (nSPS) is 12.4. The second-order valence-electron chi connectivity index (χ2n) is 3.63. The van der Waals surface area contributed by atoms with Crippen molar-refractivity contribution >= 4 is 27.3 Å². The van der Waals surface area contributed by atoms with Gasteiger partial charge in [-0.3, -0.25) is 0 Å². The van der Waals surface area contributed by atoms with Crippen LogP contribution in [0.5, 0.6) is 5.75 Å². The van der Waals surface area contributed by atoms with Crippen LogP contribution in [0.25, 0.3) is 0 Å². The molecule has 0 saturated heterocycles. The van der Waals surface area contributed by atoms with Gasteiger partial charge in [-0.2, -0.15) is 0 Å². The van der Waals surface area contributed by atoms with Crippen LogP contribution in [0, 0.1) is 0 Å². The van der Waals surface area contributed by atoms with E-state index >= 15 is 0 Å². The standard InChI is InChI=1S/C13H14BrNOS/c1-2-16-10-5-3-4-9(8-10)13(15)11-6-7-12(14)17-11/h3-8,13H,2,15H2,1H3. The minimum absolute atomic E-state index is 0.0910. The van der Waals surface area contributed by atoms with Crippen molar-refractivity contribution in [2.75, 3.05) is 6.61 Å². The van der Waals surface area contributed by atoms with Gasteiger partial charge < -0.3 is 10.5 Å². The Labute approximate surface area is 114 Å². The number of rotatable bonds is 4. The quantitative estimate of drug-likeness (QED) is 0.927. The van der Waals surface area contributed by atoms with Crippen molar-refractivity contribution in [3.05, 3.63) is 50.6 Å². The van der Waals surface area contributed by atoms with Gasteiger partial charge in [0.15, 0.2) is 0 Å². The van der Waals surface area contributed by atoms with Crippen LogP contribution < -0.4 is 10.5 Å². The SMILES string of the molecule is CCOc1cccc(C(N)c2ccc(Br)s2)c1. The summed E-state index contributed by atoms with van der Waals surface area (Å²) >= 11 is 5.11. The molecule has 0 aliphatic rings. The summed E-state index contributed by atoms with van der Waals surface area (Å²) in [6.45, 7) is 2.65. The predicted octanol–water partition coefficient (Wildman–Crippen LogP) is 3.96. The lowest BCUT2D eigenvalue weighted by Crippen LogP contribution is -2.10. The molecule has 0 fully saturated rings. The van der Waals surface area contributed by atoms with Crippen LogP contribution >= 0.6 is 27.3 Å². The van der Waals surface area contributed by atoms with Gasteiger partial charge in [0.2, 0.25) is 0 Å². The number of nitrogens with two attached hydrogens (primary N) is 1. The van der Waals surface area contributed by atoms with E-state index in [0.717, 1.165) is 20.0 Å². The lowest BCUT2D eigenvalue weighted by atomic mass is 10.1. The van der Waals surface area contributed by atoms with E-state index in [4.69, 9.17) is 10.5 Å². The molecule has 1 unspecified atom stereocenters. The highest BCUT2D eigenvalue weighted by Crippen LogP contribution is 2.30. The van der Waals surface area contributed by atoms with Gasteiger partial charge in [-0.1, -0.05) is 12.1 Å². The van der Waals surface area contributed by atoms with E-state index in [-0.39, 0.29) is 6.04 Å². The molecule has 2 aromatic rings. The van der Waals surface area contributed by atoms with Gasteiger partial charge in [-0.05, 0) is 52.7 Å². The predicted molar refractivity (Wildman–Crippen MR) is 75.7 cm³/mol. The zero-order valence-electron chi connectivity index (χ0n) is 9.52. The third-order valence-corrected chi connectivity index (χ3v) is 4.14. The molecular weight excluding hydrogens is 298 g/mol. The third-order valence-electron chi connectivity index (χ3n) is 2.43. The van der Waals surface area contributed by atoms with Crippen molar-refractivity contribution in [1.82, 2.24) is 0 Å². The summed E-state index contributed by atoms with van der Waals surface area (Å²) < 4.78 is 6.58. The van der Waals surface area contributed by atoms with Crippen LogP contribution in [0.4, 0.5) is 0 Å². The maximum Gasteiger partial charge on any atom is 0.119 e. The van der Waals surface area contributed by atoms with Crippen LogP contribution in [0.1, 0.15) is 23.4 Å². The second kappa shape index (κ2) is 5.67. The van der Waals surface area contributed by atoms with Crippen LogP contribution in [-0.2, 0) is 0 Å². The molecule has 1 heterocycles. The Morgan fingerprint density at radius 3 is 2.82 bits per heavy atom. The Balaban J connectivity index is 2.24. The average molecular weight is 312 g/mol. The molecule has 1 aromatic carbocycles. The van der Waals surface area contributed by atoms with Crippen molar-refractivity contribution < 1.29 is 4.74 Å². The summed E-state index contributed by atoms with van der Waals surface area (Å²) in [5, 5.41) is 0. The summed E-state index contributed by atoms with van der Waals surface area (Å²) in [5.74, 6) is 0.871. The van der Waals surface area contributed by atoms with Gasteiger partial charge in [0, 0.05) is 4.88 Å². The molecule has 0 aliphatic heterocycles. The van der Waals surface area contributed by atoms with Crippen molar-refractivity contribution in [1.29, 1.82) is 0 Å². The van der Waals surface area contributed by atoms with E-state index in [9.17, 15) is 0 Å². The molecule has 0 bridgehead atoms. The smallest absolute Gasteiger partial charge is 0.119 e. The van der Waals surface area contributed by atoms with Crippen molar-refractivity contribution in [3.8, 4) is 5.75 Å². The number of hydrogen-bond donors (Lipinski definition) is 1. The Bertz CT molecular complexity index is 498. The van der Waals surface area contributed by atoms with E-state index in [1.807, 2.05) is 43.3 Å². The topological polar surface area (TPSA) is 35.2 Å². The Morgan fingerprint density at radius 1 is 1.35 bits per heavy atom. The monoisotopic (exact) mass is 311 g/mol. The fourth-order valence-corrected chi connectivity index (χ4v) is 3.08. The largest absolute Gasteiger partial charge is 0.494 e. The molecule has 0 aliphatic carbocycles. The van der Waals surface area contributed by atoms with Gasteiger partial charge in [0.05, 0.1) is 16.4 Å². The highest BCUT2D eigenvalue weighted by Gasteiger charge is 2.11. The lowest BCUT2D eigenvalue weighted by molar-refractivity contribution is 0.340. The minimum atomic E-state index is -0.0910. The van der Waals surface area contributed by atoms with Gasteiger partial charge >= 0.3 is 0 Å². The summed E-state index contributed by atoms with van der Waals surface area (Å²) in [4.78, 5) is 1.14. The van der Waals surface area contributed by atoms with Crippen molar-refractivity contribution in [3.63, 3.8) is 0 Å². The molecule has 0 radical (unpaired) electrons. The first-order valence-corrected chi connectivity index (χ1v) is 7.05. The van der Waals surface area contributed by atoms with Gasteiger partial charge in [-0.25, -0.2) is 0 Å². The summed E-state index contributed by atoms with van der Waals surface area (Å²) in [5.41, 5.74) is 7.30. The van der Waals surface area contributed by atoms with E-state index < -0.39 is 0 Å². The molecule has 0 spiro atoms. The molecule has 90 valence electrons. The zero-order valence-corrected chi connectivity index (χ0v) is 11.9. The number of benzene rings is 1. The maximum atomic E-state index is 6.23. The fourth-order valence-electron chi connectivity index (χ4n) is 1.62. The average Bonchev–Trinajstić information content (AvgIpc) is 2.76. The molecule has 1 atom stereocenters. The Kier molecular flexibility index (Phi) is 4.20. The van der Waals surface area contributed by atoms with Crippen LogP contribution in [0.2, 0.25) is 0 Å². The molecular formula is C13H14BrNOS. The number of halogens is 1. The number of hydrogen-bond acceptors (Lipinski definition) is 3. The van der Waals surface area contributed by atoms with Crippen LogP contribution in [-0.4, -0.2) is 6.61 Å². The van der Waals surface area contributed by atoms with E-state index in [2.05, 4.69) is 15.9 Å². The highest BCUT2D eigenvalue weighted by molar-refractivity contribution is 9.11. The molecule has 2 rings (SSSR count). The van der Waals surface area contributed by atoms with E-state index in [1.165, 1.54) is 0 Å². The Morgan fingerprint density at radius 2 is 2.18 bits per heavy atom. The van der Waals surface area contributed by atoms with Gasteiger partial charge in [0.1, 0.15) is 5.75 Å². The molecule has 2 nitrogen and oxygen atoms in total. The molecule has 2 N–H and O–H groups in total. The zero-order chi connectivity index (χ0) is 12.3. The molecule has 0 saturated carbocycles. The first kappa shape index (κ1) is 12.6. The summed E-state index contributed by atoms with van der Waals surface area (Å²) in [7, 11) is 0. The molecule has 17 heavy (non-hydrogen) atoms. The van der Waals surface area contributed by atoms with Gasteiger partial charge in [0.25, 0.3) is 0 Å². The summed E-state index contributed by atoms with van der Waals surface area (Å²) in [6.07, 6.45) is 0.